The van der Waals surface area contributed by atoms with Crippen LogP contribution < -0.4 is 16.2 Å². The molecule has 0 radical (unpaired) electrons. The molecular weight excluding hydrogens is 432 g/mol. The van der Waals surface area contributed by atoms with Crippen LogP contribution in [0.25, 0.3) is 22.0 Å². The third-order valence-electron chi connectivity index (χ3n) is 5.61. The van der Waals surface area contributed by atoms with E-state index in [0.717, 1.165) is 22.0 Å². The van der Waals surface area contributed by atoms with Crippen LogP contribution in [0.5, 0.6) is 0 Å². The number of benzene rings is 2. The smallest absolute Gasteiger partial charge is 0.263 e. The third kappa shape index (κ3) is 4.32. The average molecular weight is 457 g/mol. The fourth-order valence-electron chi connectivity index (χ4n) is 3.96. The number of hydrogen-bond donors (Lipinski definition) is 3. The van der Waals surface area contributed by atoms with Gasteiger partial charge in [0, 0.05) is 44.3 Å². The molecule has 9 nitrogen and oxygen atoms in total. The molecule has 0 saturated carbocycles. The maximum atomic E-state index is 13.1. The predicted molar refractivity (Wildman–Crippen MR) is 129 cm³/mol. The highest BCUT2D eigenvalue weighted by atomic mass is 16.3. The van der Waals surface area contributed by atoms with Gasteiger partial charge in [-0.05, 0) is 29.3 Å². The van der Waals surface area contributed by atoms with Gasteiger partial charge in [0.2, 0.25) is 0 Å². The number of anilines is 1. The molecule has 0 aliphatic rings. The van der Waals surface area contributed by atoms with Gasteiger partial charge in [-0.25, -0.2) is 0 Å². The van der Waals surface area contributed by atoms with Crippen molar-refractivity contribution in [2.75, 3.05) is 18.5 Å². The number of fused-ring (bicyclic) bond motifs is 1. The minimum absolute atomic E-state index is 0.0147. The molecule has 0 atom stereocenters. The Kier molecular flexibility index (Phi) is 6.54. The number of aromatic nitrogens is 3. The first-order valence-electron chi connectivity index (χ1n) is 10.7. The lowest BCUT2D eigenvalue weighted by Gasteiger charge is -2.13. The lowest BCUT2D eigenvalue weighted by Crippen LogP contribution is -2.29. The second-order valence-electron chi connectivity index (χ2n) is 7.88. The first-order chi connectivity index (χ1) is 16.4. The minimum atomic E-state index is -0.599. The second kappa shape index (κ2) is 9.70. The molecule has 3 N–H and O–H groups in total. The zero-order valence-corrected chi connectivity index (χ0v) is 18.9. The molecule has 0 aliphatic carbocycles. The monoisotopic (exact) mass is 456 g/mol. The van der Waals surface area contributed by atoms with Crippen LogP contribution in [-0.2, 0) is 20.6 Å². The normalized spacial score (nSPS) is 10.9. The molecule has 4 aromatic rings. The van der Waals surface area contributed by atoms with Crippen molar-refractivity contribution in [2.24, 2.45) is 14.1 Å². The van der Waals surface area contributed by atoms with Gasteiger partial charge < -0.3 is 20.3 Å². The van der Waals surface area contributed by atoms with E-state index in [1.54, 1.807) is 36.3 Å². The molecule has 0 unspecified atom stereocenters. The first-order valence-corrected chi connectivity index (χ1v) is 10.7. The molecule has 2 aromatic heterocycles. The number of amides is 1. The number of hydrogen-bond acceptors (Lipinski definition) is 6. The van der Waals surface area contributed by atoms with E-state index in [-0.39, 0.29) is 12.2 Å². The Morgan fingerprint density at radius 3 is 2.71 bits per heavy atom. The summed E-state index contributed by atoms with van der Waals surface area (Å²) in [7, 11) is 3.42. The van der Waals surface area contributed by atoms with E-state index in [9.17, 15) is 14.9 Å². The van der Waals surface area contributed by atoms with Gasteiger partial charge in [-0.1, -0.05) is 24.3 Å². The number of rotatable bonds is 7. The largest absolute Gasteiger partial charge is 0.395 e. The molecule has 172 valence electrons. The number of nitrogens with zero attached hydrogens (tertiary/aromatic N) is 4. The van der Waals surface area contributed by atoms with Crippen LogP contribution in [0.2, 0.25) is 0 Å². The van der Waals surface area contributed by atoms with Gasteiger partial charge in [0.15, 0.2) is 0 Å². The number of aliphatic hydroxyl groups is 1. The van der Waals surface area contributed by atoms with E-state index in [0.29, 0.717) is 29.9 Å². The van der Waals surface area contributed by atoms with Gasteiger partial charge in [0.1, 0.15) is 11.6 Å². The Morgan fingerprint density at radius 1 is 1.18 bits per heavy atom. The van der Waals surface area contributed by atoms with Crippen LogP contribution in [0.3, 0.4) is 0 Å². The molecule has 0 saturated heterocycles. The number of carbonyl (C=O) groups is 1. The number of nitrogens with one attached hydrogen (secondary N) is 2. The van der Waals surface area contributed by atoms with Crippen LogP contribution in [0.1, 0.15) is 21.5 Å². The quantitative estimate of drug-likeness (QED) is 0.366. The fraction of sp³-hybridized carbons (Fsp3) is 0.200. The molecule has 0 aliphatic heterocycles. The molecule has 9 heteroatoms. The molecule has 2 aromatic carbocycles. The van der Waals surface area contributed by atoms with Crippen molar-refractivity contribution in [3.8, 4) is 17.2 Å². The Morgan fingerprint density at radius 2 is 1.94 bits per heavy atom. The summed E-state index contributed by atoms with van der Waals surface area (Å²) in [6, 6.07) is 14.7. The fourth-order valence-corrected chi connectivity index (χ4v) is 3.96. The molecular formula is C25H24N6O3. The number of aryl methyl sites for hydroxylation is 2. The van der Waals surface area contributed by atoms with Gasteiger partial charge in [0.05, 0.1) is 29.6 Å². The maximum Gasteiger partial charge on any atom is 0.263 e. The molecule has 0 bridgehead atoms. The molecule has 1 amide bonds. The van der Waals surface area contributed by atoms with Crippen molar-refractivity contribution in [3.63, 3.8) is 0 Å². The number of carbonyl (C=O) groups excluding carboxylic acids is 1. The van der Waals surface area contributed by atoms with Crippen LogP contribution >= 0.6 is 0 Å². The van der Waals surface area contributed by atoms with Crippen LogP contribution in [0.15, 0.2) is 59.7 Å². The Hall–Kier alpha value is -4.26. The number of aliphatic hydroxyl groups excluding tert-OH is 1. The number of pyridine rings is 1. The summed E-state index contributed by atoms with van der Waals surface area (Å²) in [5.41, 5.74) is 3.26. The summed E-state index contributed by atoms with van der Waals surface area (Å²) < 4.78 is 3.10. The summed E-state index contributed by atoms with van der Waals surface area (Å²) in [5.74, 6) is -0.599. The van der Waals surface area contributed by atoms with Crippen LogP contribution in [0.4, 0.5) is 5.69 Å². The molecule has 0 spiro atoms. The van der Waals surface area contributed by atoms with Gasteiger partial charge in [0.25, 0.3) is 11.5 Å². The van der Waals surface area contributed by atoms with Crippen LogP contribution in [0, 0.1) is 11.3 Å². The average Bonchev–Trinajstić information content (AvgIpc) is 3.22. The van der Waals surface area contributed by atoms with Gasteiger partial charge >= 0.3 is 0 Å². The maximum absolute atomic E-state index is 13.1. The summed E-state index contributed by atoms with van der Waals surface area (Å²) in [6.45, 7) is 0.772. The van der Waals surface area contributed by atoms with Crippen molar-refractivity contribution < 1.29 is 9.90 Å². The van der Waals surface area contributed by atoms with E-state index < -0.39 is 11.5 Å². The zero-order valence-electron chi connectivity index (χ0n) is 18.9. The number of nitriles is 1. The predicted octanol–water partition coefficient (Wildman–Crippen LogP) is 2.14. The van der Waals surface area contributed by atoms with Crippen molar-refractivity contribution in [1.82, 2.24) is 19.7 Å². The molecule has 4 rings (SSSR count). The minimum Gasteiger partial charge on any atom is -0.395 e. The van der Waals surface area contributed by atoms with Crippen molar-refractivity contribution in [2.45, 2.75) is 6.54 Å². The lowest BCUT2D eigenvalue weighted by atomic mass is 9.96. The highest BCUT2D eigenvalue weighted by Gasteiger charge is 2.18. The van der Waals surface area contributed by atoms with Crippen molar-refractivity contribution in [1.29, 1.82) is 5.26 Å². The van der Waals surface area contributed by atoms with Gasteiger partial charge in [-0.2, -0.15) is 10.4 Å². The molecule has 34 heavy (non-hydrogen) atoms. The van der Waals surface area contributed by atoms with E-state index in [2.05, 4.69) is 21.8 Å². The highest BCUT2D eigenvalue weighted by Crippen LogP contribution is 2.33. The van der Waals surface area contributed by atoms with E-state index in [4.69, 9.17) is 5.11 Å². The van der Waals surface area contributed by atoms with Crippen molar-refractivity contribution in [3.05, 3.63) is 81.9 Å². The Labute approximate surface area is 195 Å². The summed E-state index contributed by atoms with van der Waals surface area (Å²) in [5, 5.41) is 29.9. The third-order valence-corrected chi connectivity index (χ3v) is 5.61. The molecule has 2 heterocycles. The van der Waals surface area contributed by atoms with Crippen LogP contribution in [-0.4, -0.2) is 38.5 Å². The summed E-state index contributed by atoms with van der Waals surface area (Å²) in [6.07, 6.45) is 3.39. The summed E-state index contributed by atoms with van der Waals surface area (Å²) >= 11 is 0. The Bertz CT molecular complexity index is 1480. The van der Waals surface area contributed by atoms with Crippen molar-refractivity contribution >= 4 is 22.5 Å². The topological polar surface area (TPSA) is 125 Å². The van der Waals surface area contributed by atoms with Gasteiger partial charge in [-0.3, -0.25) is 14.3 Å². The second-order valence-corrected chi connectivity index (χ2v) is 7.88. The lowest BCUT2D eigenvalue weighted by molar-refractivity contribution is 0.102. The van der Waals surface area contributed by atoms with E-state index in [1.807, 2.05) is 31.3 Å². The first kappa shape index (κ1) is 22.9. The van der Waals surface area contributed by atoms with E-state index in [1.165, 1.54) is 10.6 Å². The molecule has 0 fully saturated rings. The highest BCUT2D eigenvalue weighted by molar-refractivity contribution is 6.06. The Balaban J connectivity index is 1.71. The van der Waals surface area contributed by atoms with E-state index >= 15 is 0 Å². The SMILES string of the molecule is Cn1cc(CNCCO)cc(C(=O)Nc2cccc(-c3cccc4c3cnn4C)c2C#N)c1=O. The standard InChI is InChI=1S/C25H24N6O3/c1-30-15-16(13-27-9-10-32)11-19(25(30)34)24(33)29-22-7-3-5-17(20(22)12-26)18-6-4-8-23-21(18)14-28-31(23)2/h3-8,11,14-15,27,32H,9-10,13H2,1-2H3,(H,29,33). The summed E-state index contributed by atoms with van der Waals surface area (Å²) in [4.78, 5) is 25.7. The zero-order chi connectivity index (χ0) is 24.2. The van der Waals surface area contributed by atoms with Gasteiger partial charge in [-0.15, -0.1) is 0 Å².